The largest absolute Gasteiger partial charge is 0.309 e. The third-order valence-corrected chi connectivity index (χ3v) is 6.45. The first-order chi connectivity index (χ1) is 13.0. The van der Waals surface area contributed by atoms with E-state index in [0.29, 0.717) is 16.6 Å². The monoisotopic (exact) mass is 402 g/mol. The molecule has 0 bridgehead atoms. The molecule has 0 aromatic heterocycles. The average molecular weight is 403 g/mol. The number of carbonyl (C=O) groups excluding carboxylic acids is 1. The van der Waals surface area contributed by atoms with Crippen molar-refractivity contribution in [1.82, 2.24) is 4.90 Å². The molecule has 3 nitrogen and oxygen atoms in total. The molecule has 0 saturated carbocycles. The lowest BCUT2D eigenvalue weighted by molar-refractivity contribution is -0.124. The van der Waals surface area contributed by atoms with Crippen LogP contribution in [0.2, 0.25) is 10.0 Å². The molecule has 2 atom stereocenters. The van der Waals surface area contributed by atoms with E-state index < -0.39 is 0 Å². The molecule has 4 rings (SSSR count). The molecule has 2 aromatic rings. The number of likely N-dealkylation sites (tertiary alicyclic amines) is 1. The van der Waals surface area contributed by atoms with Gasteiger partial charge in [0, 0.05) is 40.4 Å². The summed E-state index contributed by atoms with van der Waals surface area (Å²) >= 11 is 12.7. The van der Waals surface area contributed by atoms with E-state index in [-0.39, 0.29) is 17.9 Å². The molecule has 2 heterocycles. The molecule has 0 unspecified atom stereocenters. The van der Waals surface area contributed by atoms with E-state index in [1.54, 1.807) is 0 Å². The molecule has 5 heteroatoms. The molecule has 27 heavy (non-hydrogen) atoms. The van der Waals surface area contributed by atoms with Gasteiger partial charge in [-0.05, 0) is 56.5 Å². The highest BCUT2D eigenvalue weighted by Crippen LogP contribution is 2.35. The zero-order valence-electron chi connectivity index (χ0n) is 15.5. The van der Waals surface area contributed by atoms with Gasteiger partial charge >= 0.3 is 0 Å². The van der Waals surface area contributed by atoms with E-state index in [2.05, 4.69) is 30.0 Å². The van der Waals surface area contributed by atoms with Crippen LogP contribution in [0, 0.1) is 5.92 Å². The second-order valence-corrected chi connectivity index (χ2v) is 8.48. The Morgan fingerprint density at radius 1 is 1.11 bits per heavy atom. The molecule has 2 aliphatic heterocycles. The topological polar surface area (TPSA) is 23.6 Å². The number of halogens is 2. The Morgan fingerprint density at radius 3 is 2.63 bits per heavy atom. The minimum absolute atomic E-state index is 0.0219. The maximum absolute atomic E-state index is 13.4. The van der Waals surface area contributed by atoms with Crippen molar-refractivity contribution in [2.45, 2.75) is 38.8 Å². The van der Waals surface area contributed by atoms with Gasteiger partial charge in [-0.15, -0.1) is 0 Å². The summed E-state index contributed by atoms with van der Waals surface area (Å²) in [6.07, 6.45) is 2.90. The predicted molar refractivity (Wildman–Crippen MR) is 112 cm³/mol. The van der Waals surface area contributed by atoms with E-state index in [0.717, 1.165) is 43.6 Å². The van der Waals surface area contributed by atoms with Gasteiger partial charge < -0.3 is 4.90 Å². The minimum Gasteiger partial charge on any atom is -0.309 e. The Bertz CT molecular complexity index is 834. The summed E-state index contributed by atoms with van der Waals surface area (Å²) in [5.74, 6) is 0.274. The normalized spacial score (nSPS) is 22.7. The van der Waals surface area contributed by atoms with Gasteiger partial charge in [0.25, 0.3) is 0 Å². The van der Waals surface area contributed by atoms with Crippen molar-refractivity contribution in [2.24, 2.45) is 5.92 Å². The number of hydrogen-bond acceptors (Lipinski definition) is 2. The Kier molecular flexibility index (Phi) is 5.45. The summed E-state index contributed by atoms with van der Waals surface area (Å²) in [6, 6.07) is 14.1. The average Bonchev–Trinajstić information content (AvgIpc) is 3.00. The van der Waals surface area contributed by atoms with Crippen LogP contribution in [0.4, 0.5) is 5.69 Å². The fourth-order valence-corrected chi connectivity index (χ4v) is 4.92. The van der Waals surface area contributed by atoms with Crippen molar-refractivity contribution in [3.8, 4) is 0 Å². The first kappa shape index (κ1) is 18.8. The first-order valence-corrected chi connectivity index (χ1v) is 10.4. The van der Waals surface area contributed by atoms with E-state index in [9.17, 15) is 4.79 Å². The lowest BCUT2D eigenvalue weighted by Gasteiger charge is -2.35. The van der Waals surface area contributed by atoms with Crippen molar-refractivity contribution < 1.29 is 4.79 Å². The maximum Gasteiger partial charge on any atom is 0.231 e. The van der Waals surface area contributed by atoms with Crippen molar-refractivity contribution >= 4 is 34.8 Å². The molecule has 2 aromatic carbocycles. The van der Waals surface area contributed by atoms with Crippen LogP contribution in [-0.4, -0.2) is 29.9 Å². The molecule has 0 spiro atoms. The third kappa shape index (κ3) is 3.73. The Morgan fingerprint density at radius 2 is 1.85 bits per heavy atom. The number of para-hydroxylation sites is 1. The molecular formula is C22H24Cl2N2O. The van der Waals surface area contributed by atoms with Crippen LogP contribution in [0.5, 0.6) is 0 Å². The number of amides is 1. The summed E-state index contributed by atoms with van der Waals surface area (Å²) in [5.41, 5.74) is 3.31. The summed E-state index contributed by atoms with van der Waals surface area (Å²) in [7, 11) is 0. The Labute approximate surface area is 170 Å². The standard InChI is InChI=1S/C22H24Cl2N2O/c1-15-12-16-6-2-3-10-21(16)26(15)22(27)17-7-5-11-25(13-17)14-18-19(23)8-4-9-20(18)24/h2-4,6,8-10,15,17H,5,7,11-14H2,1H3/t15-,17-/m0/s1. The predicted octanol–water partition coefficient (Wildman–Crippen LogP) is 5.18. The molecule has 1 fully saturated rings. The van der Waals surface area contributed by atoms with Crippen molar-refractivity contribution in [3.63, 3.8) is 0 Å². The van der Waals surface area contributed by atoms with Crippen molar-refractivity contribution in [1.29, 1.82) is 0 Å². The Hall–Kier alpha value is -1.55. The van der Waals surface area contributed by atoms with Gasteiger partial charge in [0.15, 0.2) is 0 Å². The fraction of sp³-hybridized carbons (Fsp3) is 0.409. The molecule has 1 saturated heterocycles. The summed E-state index contributed by atoms with van der Waals surface area (Å²) in [6.45, 7) is 4.56. The molecule has 142 valence electrons. The number of hydrogen-bond donors (Lipinski definition) is 0. The number of carbonyl (C=O) groups is 1. The molecular weight excluding hydrogens is 379 g/mol. The zero-order chi connectivity index (χ0) is 19.0. The highest BCUT2D eigenvalue weighted by molar-refractivity contribution is 6.35. The lowest BCUT2D eigenvalue weighted by atomic mass is 9.95. The van der Waals surface area contributed by atoms with Gasteiger partial charge in [-0.25, -0.2) is 0 Å². The van der Waals surface area contributed by atoms with Crippen LogP contribution in [0.25, 0.3) is 0 Å². The Balaban J connectivity index is 1.49. The van der Waals surface area contributed by atoms with Crippen molar-refractivity contribution in [2.75, 3.05) is 18.0 Å². The van der Waals surface area contributed by atoms with Crippen LogP contribution in [0.3, 0.4) is 0 Å². The van der Waals surface area contributed by atoms with Gasteiger partial charge in [0.05, 0.1) is 5.92 Å². The zero-order valence-corrected chi connectivity index (χ0v) is 17.0. The van der Waals surface area contributed by atoms with Crippen LogP contribution in [0.1, 0.15) is 30.9 Å². The van der Waals surface area contributed by atoms with E-state index in [4.69, 9.17) is 23.2 Å². The van der Waals surface area contributed by atoms with Crippen LogP contribution >= 0.6 is 23.2 Å². The molecule has 0 aliphatic carbocycles. The number of benzene rings is 2. The van der Waals surface area contributed by atoms with E-state index in [1.807, 2.05) is 29.2 Å². The summed E-state index contributed by atoms with van der Waals surface area (Å²) in [4.78, 5) is 17.7. The van der Waals surface area contributed by atoms with E-state index in [1.165, 1.54) is 5.56 Å². The molecule has 2 aliphatic rings. The second-order valence-electron chi connectivity index (χ2n) is 7.66. The highest BCUT2D eigenvalue weighted by Gasteiger charge is 2.36. The maximum atomic E-state index is 13.4. The minimum atomic E-state index is 0.0219. The van der Waals surface area contributed by atoms with Gasteiger partial charge in [0.1, 0.15) is 0 Å². The van der Waals surface area contributed by atoms with Gasteiger partial charge in [-0.2, -0.15) is 0 Å². The number of fused-ring (bicyclic) bond motifs is 1. The SMILES string of the molecule is C[C@H]1Cc2ccccc2N1C(=O)[C@H]1CCCN(Cc2c(Cl)cccc2Cl)C1. The van der Waals surface area contributed by atoms with Crippen molar-refractivity contribution in [3.05, 3.63) is 63.6 Å². The van der Waals surface area contributed by atoms with Crippen LogP contribution < -0.4 is 4.90 Å². The number of anilines is 1. The fourth-order valence-electron chi connectivity index (χ4n) is 4.41. The lowest BCUT2D eigenvalue weighted by Crippen LogP contribution is -2.46. The first-order valence-electron chi connectivity index (χ1n) is 9.61. The highest BCUT2D eigenvalue weighted by atomic mass is 35.5. The molecule has 0 radical (unpaired) electrons. The smallest absolute Gasteiger partial charge is 0.231 e. The van der Waals surface area contributed by atoms with E-state index >= 15 is 0 Å². The summed E-state index contributed by atoms with van der Waals surface area (Å²) in [5, 5.41) is 1.39. The van der Waals surface area contributed by atoms with Gasteiger partial charge in [0.2, 0.25) is 5.91 Å². The second kappa shape index (κ2) is 7.83. The van der Waals surface area contributed by atoms with Crippen LogP contribution in [0.15, 0.2) is 42.5 Å². The summed E-state index contributed by atoms with van der Waals surface area (Å²) < 4.78 is 0. The number of piperidine rings is 1. The quantitative estimate of drug-likeness (QED) is 0.705. The number of nitrogens with zero attached hydrogens (tertiary/aromatic N) is 2. The van der Waals surface area contributed by atoms with Crippen LogP contribution in [-0.2, 0) is 17.8 Å². The third-order valence-electron chi connectivity index (χ3n) is 5.74. The molecule has 1 amide bonds. The van der Waals surface area contributed by atoms with Gasteiger partial charge in [-0.3, -0.25) is 9.69 Å². The molecule has 0 N–H and O–H groups in total. The van der Waals surface area contributed by atoms with Gasteiger partial charge in [-0.1, -0.05) is 47.5 Å². The number of rotatable bonds is 3.